The summed E-state index contributed by atoms with van der Waals surface area (Å²) in [7, 11) is 0. The van der Waals surface area contributed by atoms with Crippen LogP contribution in [0.5, 0.6) is 0 Å². The first-order valence-corrected chi connectivity index (χ1v) is 5.49. The summed E-state index contributed by atoms with van der Waals surface area (Å²) in [5.41, 5.74) is -0.267. The normalized spacial score (nSPS) is 12.3. The molecular weight excluding hydrogens is 238 g/mol. The van der Waals surface area contributed by atoms with Crippen LogP contribution in [-0.2, 0) is 0 Å². The lowest BCUT2D eigenvalue weighted by atomic mass is 10.2. The number of imidazole rings is 1. The van der Waals surface area contributed by atoms with Crippen LogP contribution in [0.1, 0.15) is 41.6 Å². The molecule has 8 heteroatoms. The molecule has 0 aromatic carbocycles. The van der Waals surface area contributed by atoms with Crippen LogP contribution in [0.4, 0.5) is 0 Å². The standard InChI is InChI=1S/C10H13N5O3/c1-3-6(9-12-5(2)15-18-9)13-8(16)7-4-11-10(17)14-7/h4,6H,3H2,1-2H3,(H,13,16)(H2,11,14,17)/t6-/m1/s1. The van der Waals surface area contributed by atoms with Crippen molar-refractivity contribution >= 4 is 5.91 Å². The summed E-state index contributed by atoms with van der Waals surface area (Å²) < 4.78 is 5.00. The van der Waals surface area contributed by atoms with Crippen molar-refractivity contribution in [3.05, 3.63) is 34.1 Å². The molecule has 0 aliphatic heterocycles. The summed E-state index contributed by atoms with van der Waals surface area (Å²) >= 11 is 0. The quantitative estimate of drug-likeness (QED) is 0.721. The number of aromatic amines is 2. The molecule has 0 saturated carbocycles. The van der Waals surface area contributed by atoms with Gasteiger partial charge in [-0.05, 0) is 13.3 Å². The van der Waals surface area contributed by atoms with E-state index >= 15 is 0 Å². The molecule has 0 bridgehead atoms. The lowest BCUT2D eigenvalue weighted by Crippen LogP contribution is -2.29. The summed E-state index contributed by atoms with van der Waals surface area (Å²) in [6.07, 6.45) is 1.91. The smallest absolute Gasteiger partial charge is 0.323 e. The van der Waals surface area contributed by atoms with Crippen molar-refractivity contribution in [2.45, 2.75) is 26.3 Å². The van der Waals surface area contributed by atoms with Crippen LogP contribution in [0.15, 0.2) is 15.5 Å². The Labute approximate surface area is 102 Å². The summed E-state index contributed by atoms with van der Waals surface area (Å²) in [6.45, 7) is 3.58. The van der Waals surface area contributed by atoms with Gasteiger partial charge in [-0.1, -0.05) is 12.1 Å². The predicted octanol–water partition coefficient (Wildman–Crippen LogP) is 0.276. The number of hydrogen-bond acceptors (Lipinski definition) is 5. The second-order valence-electron chi connectivity index (χ2n) is 3.77. The number of rotatable bonds is 4. The van der Waals surface area contributed by atoms with Gasteiger partial charge in [-0.15, -0.1) is 0 Å². The van der Waals surface area contributed by atoms with Gasteiger partial charge in [-0.3, -0.25) is 4.79 Å². The number of hydrogen-bond donors (Lipinski definition) is 3. The van der Waals surface area contributed by atoms with E-state index < -0.39 is 11.6 Å². The number of amides is 1. The van der Waals surface area contributed by atoms with E-state index in [0.29, 0.717) is 18.1 Å². The maximum Gasteiger partial charge on any atom is 0.323 e. The van der Waals surface area contributed by atoms with E-state index in [1.807, 2.05) is 6.92 Å². The highest BCUT2D eigenvalue weighted by molar-refractivity contribution is 5.92. The third kappa shape index (κ3) is 2.47. The summed E-state index contributed by atoms with van der Waals surface area (Å²) in [5.74, 6) is 0.449. The van der Waals surface area contributed by atoms with E-state index in [0.717, 1.165) is 0 Å². The number of carbonyl (C=O) groups excluding carboxylic acids is 1. The molecule has 1 amide bonds. The van der Waals surface area contributed by atoms with Crippen molar-refractivity contribution in [2.24, 2.45) is 0 Å². The van der Waals surface area contributed by atoms with E-state index in [-0.39, 0.29) is 11.7 Å². The number of nitrogens with zero attached hydrogens (tertiary/aromatic N) is 2. The maximum absolute atomic E-state index is 11.8. The van der Waals surface area contributed by atoms with Crippen LogP contribution in [0.25, 0.3) is 0 Å². The first-order chi connectivity index (χ1) is 8.60. The van der Waals surface area contributed by atoms with Crippen molar-refractivity contribution in [3.63, 3.8) is 0 Å². The van der Waals surface area contributed by atoms with E-state index in [9.17, 15) is 9.59 Å². The highest BCUT2D eigenvalue weighted by Crippen LogP contribution is 2.14. The molecule has 2 aromatic rings. The monoisotopic (exact) mass is 251 g/mol. The van der Waals surface area contributed by atoms with Gasteiger partial charge in [0.25, 0.3) is 5.91 Å². The highest BCUT2D eigenvalue weighted by atomic mass is 16.5. The topological polar surface area (TPSA) is 117 Å². The number of aryl methyl sites for hydroxylation is 1. The molecular formula is C10H13N5O3. The molecule has 18 heavy (non-hydrogen) atoms. The Hall–Kier alpha value is -2.38. The van der Waals surface area contributed by atoms with Gasteiger partial charge in [0.05, 0.1) is 0 Å². The number of carbonyl (C=O) groups is 1. The third-order valence-corrected chi connectivity index (χ3v) is 2.40. The molecule has 2 aromatic heterocycles. The molecule has 2 rings (SSSR count). The molecule has 0 spiro atoms. The van der Waals surface area contributed by atoms with Crippen molar-refractivity contribution in [1.29, 1.82) is 0 Å². The van der Waals surface area contributed by atoms with Crippen molar-refractivity contribution < 1.29 is 9.32 Å². The molecule has 0 unspecified atom stereocenters. The third-order valence-electron chi connectivity index (χ3n) is 2.40. The average molecular weight is 251 g/mol. The van der Waals surface area contributed by atoms with Crippen molar-refractivity contribution in [2.75, 3.05) is 0 Å². The molecule has 8 nitrogen and oxygen atoms in total. The first kappa shape index (κ1) is 12.1. The lowest BCUT2D eigenvalue weighted by Gasteiger charge is -2.11. The van der Waals surface area contributed by atoms with E-state index in [1.54, 1.807) is 6.92 Å². The maximum atomic E-state index is 11.8. The number of H-pyrrole nitrogens is 2. The lowest BCUT2D eigenvalue weighted by molar-refractivity contribution is 0.0922. The minimum atomic E-state index is -0.429. The van der Waals surface area contributed by atoms with Crippen LogP contribution < -0.4 is 11.0 Å². The SMILES string of the molecule is CC[C@@H](NC(=O)c1c[nH]c(=O)[nH]1)c1nc(C)no1. The van der Waals surface area contributed by atoms with Crippen LogP contribution in [0.3, 0.4) is 0 Å². The fraction of sp³-hybridized carbons (Fsp3) is 0.400. The molecule has 0 saturated heterocycles. The molecule has 3 N–H and O–H groups in total. The van der Waals surface area contributed by atoms with Crippen LogP contribution in [0, 0.1) is 6.92 Å². The van der Waals surface area contributed by atoms with Gasteiger partial charge in [-0.2, -0.15) is 4.98 Å². The fourth-order valence-electron chi connectivity index (χ4n) is 1.48. The van der Waals surface area contributed by atoms with Gasteiger partial charge >= 0.3 is 5.69 Å². The second kappa shape index (κ2) is 4.86. The number of aromatic nitrogens is 4. The van der Waals surface area contributed by atoms with Gasteiger partial charge in [-0.25, -0.2) is 4.79 Å². The molecule has 1 atom stereocenters. The molecule has 0 radical (unpaired) electrons. The minimum Gasteiger partial charge on any atom is -0.339 e. The largest absolute Gasteiger partial charge is 0.339 e. The van der Waals surface area contributed by atoms with Crippen molar-refractivity contribution in [1.82, 2.24) is 25.4 Å². The Morgan fingerprint density at radius 1 is 1.61 bits per heavy atom. The van der Waals surface area contributed by atoms with Crippen LogP contribution in [0.2, 0.25) is 0 Å². The molecule has 2 heterocycles. The highest BCUT2D eigenvalue weighted by Gasteiger charge is 2.20. The zero-order valence-electron chi connectivity index (χ0n) is 9.98. The van der Waals surface area contributed by atoms with E-state index in [4.69, 9.17) is 4.52 Å². The molecule has 0 fully saturated rings. The van der Waals surface area contributed by atoms with Gasteiger partial charge in [0, 0.05) is 6.20 Å². The predicted molar refractivity (Wildman–Crippen MR) is 60.9 cm³/mol. The van der Waals surface area contributed by atoms with Gasteiger partial charge in [0.1, 0.15) is 11.7 Å². The fourth-order valence-corrected chi connectivity index (χ4v) is 1.48. The Kier molecular flexibility index (Phi) is 3.26. The molecule has 0 aliphatic rings. The molecule has 96 valence electrons. The summed E-state index contributed by atoms with van der Waals surface area (Å²) in [4.78, 5) is 31.5. The van der Waals surface area contributed by atoms with Gasteiger partial charge in [0.2, 0.25) is 5.89 Å². The Balaban J connectivity index is 2.11. The van der Waals surface area contributed by atoms with Crippen molar-refractivity contribution in [3.8, 4) is 0 Å². The summed E-state index contributed by atoms with van der Waals surface area (Å²) in [6, 6.07) is -0.378. The Morgan fingerprint density at radius 2 is 2.39 bits per heavy atom. The zero-order valence-corrected chi connectivity index (χ0v) is 9.98. The van der Waals surface area contributed by atoms with E-state index in [1.165, 1.54) is 6.20 Å². The average Bonchev–Trinajstić information content (AvgIpc) is 2.94. The van der Waals surface area contributed by atoms with Gasteiger partial charge in [0.15, 0.2) is 5.82 Å². The summed E-state index contributed by atoms with van der Waals surface area (Å²) in [5, 5.41) is 6.37. The Bertz CT molecular complexity index is 596. The minimum absolute atomic E-state index is 0.162. The molecule has 0 aliphatic carbocycles. The Morgan fingerprint density at radius 3 is 2.89 bits per heavy atom. The van der Waals surface area contributed by atoms with Crippen LogP contribution in [-0.4, -0.2) is 26.0 Å². The zero-order chi connectivity index (χ0) is 13.1. The van der Waals surface area contributed by atoms with Gasteiger partial charge < -0.3 is 19.8 Å². The second-order valence-corrected chi connectivity index (χ2v) is 3.77. The number of nitrogens with one attached hydrogen (secondary N) is 3. The first-order valence-electron chi connectivity index (χ1n) is 5.49. The van der Waals surface area contributed by atoms with Crippen LogP contribution >= 0.6 is 0 Å². The van der Waals surface area contributed by atoms with E-state index in [2.05, 4.69) is 25.4 Å².